The number of nitrogens with one attached hydrogen (secondary N) is 1. The third-order valence-corrected chi connectivity index (χ3v) is 3.61. The molecule has 0 fully saturated rings. The van der Waals surface area contributed by atoms with Crippen LogP contribution in [0.25, 0.3) is 0 Å². The van der Waals surface area contributed by atoms with Crippen molar-refractivity contribution in [1.82, 2.24) is 5.32 Å². The topological polar surface area (TPSA) is 33.6 Å². The molecule has 22 heavy (non-hydrogen) atoms. The molecule has 3 heteroatoms. The smallest absolute Gasteiger partial charge is 0.111 e. The van der Waals surface area contributed by atoms with Crippen molar-refractivity contribution in [2.45, 2.75) is 34.6 Å². The number of allylic oxidation sites excluding steroid dienone is 4. The van der Waals surface area contributed by atoms with Gasteiger partial charge < -0.3 is 10.1 Å². The van der Waals surface area contributed by atoms with E-state index in [1.165, 1.54) is 11.1 Å². The largest absolute Gasteiger partial charge is 0.493 e. The molecule has 1 N–H and O–H groups in total. The first-order chi connectivity index (χ1) is 10.5. The molecule has 0 amide bonds. The van der Waals surface area contributed by atoms with E-state index in [1.807, 2.05) is 39.8 Å². The summed E-state index contributed by atoms with van der Waals surface area (Å²) in [6.07, 6.45) is 6.07. The molecule has 0 saturated carbocycles. The highest BCUT2D eigenvalue weighted by Gasteiger charge is 2.25. The second kappa shape index (κ2) is 8.42. The molecule has 0 aromatic heterocycles. The van der Waals surface area contributed by atoms with Gasteiger partial charge in [0.15, 0.2) is 0 Å². The third kappa shape index (κ3) is 4.23. The second-order valence-electron chi connectivity index (χ2n) is 5.15. The highest BCUT2D eigenvalue weighted by atomic mass is 16.5. The van der Waals surface area contributed by atoms with Gasteiger partial charge in [0.25, 0.3) is 0 Å². The number of nitrogens with zero attached hydrogens (tertiary/aromatic N) is 1. The molecule has 0 radical (unpaired) electrons. The predicted octanol–water partition coefficient (Wildman–Crippen LogP) is 4.53. The van der Waals surface area contributed by atoms with E-state index in [0.29, 0.717) is 6.61 Å². The number of rotatable bonds is 3. The zero-order chi connectivity index (χ0) is 16.7. The Labute approximate surface area is 134 Å². The molecule has 2 rings (SSSR count). The predicted molar refractivity (Wildman–Crippen MR) is 95.8 cm³/mol. The summed E-state index contributed by atoms with van der Waals surface area (Å²) in [7, 11) is 0. The van der Waals surface area contributed by atoms with E-state index in [9.17, 15) is 0 Å². The minimum atomic E-state index is 0.226. The first-order valence-electron chi connectivity index (χ1n) is 7.89. The van der Waals surface area contributed by atoms with Crippen LogP contribution in [-0.2, 0) is 4.74 Å². The van der Waals surface area contributed by atoms with E-state index in [2.05, 4.69) is 36.5 Å². The van der Waals surface area contributed by atoms with Gasteiger partial charge in [0.1, 0.15) is 6.61 Å². The van der Waals surface area contributed by atoms with Gasteiger partial charge in [0.2, 0.25) is 0 Å². The molecule has 0 aromatic carbocycles. The summed E-state index contributed by atoms with van der Waals surface area (Å²) in [5, 5.41) is 3.36. The fourth-order valence-electron chi connectivity index (χ4n) is 2.39. The Kier molecular flexibility index (Phi) is 6.90. The number of hydrogen-bond acceptors (Lipinski definition) is 3. The molecule has 2 heterocycles. The maximum Gasteiger partial charge on any atom is 0.111 e. The zero-order valence-corrected chi connectivity index (χ0v) is 14.5. The average molecular weight is 300 g/mol. The standard InChI is InChI=1S/C17H22N2O.C2H6/c1-6-7-11(2)19-13(4)17-8-16-12(3)14(5)20-10-15(16)9-18-17;1-2/h6-8,12,18H,4-5,9-10H2,1-3H3;1-2H3/b7-6-,19-11?;/t12-;/m1./s1. The normalized spacial score (nSPS) is 21.3. The summed E-state index contributed by atoms with van der Waals surface area (Å²) in [4.78, 5) is 4.50. The van der Waals surface area contributed by atoms with Crippen LogP contribution in [0.1, 0.15) is 34.6 Å². The lowest BCUT2D eigenvalue weighted by molar-refractivity contribution is 0.196. The number of aliphatic imine (C=N–C) groups is 1. The number of ether oxygens (including phenoxy) is 1. The molecule has 0 spiro atoms. The van der Waals surface area contributed by atoms with Crippen LogP contribution in [0.2, 0.25) is 0 Å². The molecule has 2 aliphatic heterocycles. The van der Waals surface area contributed by atoms with Crippen LogP contribution in [0, 0.1) is 5.92 Å². The van der Waals surface area contributed by atoms with E-state index < -0.39 is 0 Å². The summed E-state index contributed by atoms with van der Waals surface area (Å²) >= 11 is 0. The molecule has 3 nitrogen and oxygen atoms in total. The Morgan fingerprint density at radius 2 is 2.14 bits per heavy atom. The molecule has 0 bridgehead atoms. The zero-order valence-electron chi connectivity index (χ0n) is 14.5. The van der Waals surface area contributed by atoms with Crippen LogP contribution in [0.3, 0.4) is 0 Å². The van der Waals surface area contributed by atoms with Gasteiger partial charge in [-0.1, -0.05) is 40.0 Å². The van der Waals surface area contributed by atoms with E-state index in [1.54, 1.807) is 0 Å². The third-order valence-electron chi connectivity index (χ3n) is 3.61. The van der Waals surface area contributed by atoms with Crippen LogP contribution in [0.4, 0.5) is 0 Å². The van der Waals surface area contributed by atoms with Crippen LogP contribution < -0.4 is 5.32 Å². The maximum atomic E-state index is 5.57. The van der Waals surface area contributed by atoms with Crippen molar-refractivity contribution in [3.05, 3.63) is 59.7 Å². The fraction of sp³-hybridized carbons (Fsp3) is 0.421. The Bertz CT molecular complexity index is 562. The molecule has 1 atom stereocenters. The van der Waals surface area contributed by atoms with E-state index in [-0.39, 0.29) is 5.92 Å². The minimum absolute atomic E-state index is 0.226. The van der Waals surface area contributed by atoms with Crippen molar-refractivity contribution in [3.8, 4) is 0 Å². The van der Waals surface area contributed by atoms with E-state index in [4.69, 9.17) is 4.74 Å². The Morgan fingerprint density at radius 1 is 1.45 bits per heavy atom. The Hall–Kier alpha value is -2.03. The summed E-state index contributed by atoms with van der Waals surface area (Å²) in [5.74, 6) is 1.06. The van der Waals surface area contributed by atoms with Crippen molar-refractivity contribution in [3.63, 3.8) is 0 Å². The SMILES string of the molecule is C=C(N=C(C)/C=C\C)C1=CC2=C(CN1)COC(=C)[C@H]2C.CC. The quantitative estimate of drug-likeness (QED) is 0.777. The summed E-state index contributed by atoms with van der Waals surface area (Å²) in [5.41, 5.74) is 5.26. The van der Waals surface area contributed by atoms with Gasteiger partial charge in [-0.2, -0.15) is 0 Å². The lowest BCUT2D eigenvalue weighted by atomic mass is 9.89. The van der Waals surface area contributed by atoms with Gasteiger partial charge >= 0.3 is 0 Å². The van der Waals surface area contributed by atoms with E-state index >= 15 is 0 Å². The summed E-state index contributed by atoms with van der Waals surface area (Å²) in [6.45, 7) is 19.5. The van der Waals surface area contributed by atoms with Gasteiger partial charge in [-0.15, -0.1) is 0 Å². The van der Waals surface area contributed by atoms with Crippen LogP contribution >= 0.6 is 0 Å². The first-order valence-corrected chi connectivity index (χ1v) is 7.89. The van der Waals surface area contributed by atoms with Crippen molar-refractivity contribution >= 4 is 5.71 Å². The Morgan fingerprint density at radius 3 is 2.77 bits per heavy atom. The van der Waals surface area contributed by atoms with Gasteiger partial charge in [0.05, 0.1) is 17.2 Å². The lowest BCUT2D eigenvalue weighted by Gasteiger charge is -2.31. The second-order valence-corrected chi connectivity index (χ2v) is 5.15. The average Bonchev–Trinajstić information content (AvgIpc) is 2.53. The fourth-order valence-corrected chi connectivity index (χ4v) is 2.39. The summed E-state index contributed by atoms with van der Waals surface area (Å²) in [6, 6.07) is 0. The Balaban J connectivity index is 0.00000116. The number of dihydropyridines is 1. The van der Waals surface area contributed by atoms with Gasteiger partial charge in [-0.25, -0.2) is 0 Å². The summed E-state index contributed by atoms with van der Waals surface area (Å²) < 4.78 is 5.57. The molecule has 2 aliphatic rings. The molecule has 0 aromatic rings. The monoisotopic (exact) mass is 300 g/mol. The minimum Gasteiger partial charge on any atom is -0.493 e. The van der Waals surface area contributed by atoms with Crippen molar-refractivity contribution in [2.24, 2.45) is 10.9 Å². The first kappa shape index (κ1) is 18.0. The number of hydrogen-bond donors (Lipinski definition) is 1. The van der Waals surface area contributed by atoms with Crippen molar-refractivity contribution in [2.75, 3.05) is 13.2 Å². The van der Waals surface area contributed by atoms with E-state index in [0.717, 1.165) is 29.4 Å². The highest BCUT2D eigenvalue weighted by molar-refractivity contribution is 5.93. The van der Waals surface area contributed by atoms with Crippen LogP contribution in [-0.4, -0.2) is 18.9 Å². The van der Waals surface area contributed by atoms with Gasteiger partial charge in [0, 0.05) is 18.2 Å². The van der Waals surface area contributed by atoms with Crippen LogP contribution in [0.5, 0.6) is 0 Å². The molecule has 0 unspecified atom stereocenters. The molecular formula is C19H28N2O. The molecule has 0 saturated heterocycles. The van der Waals surface area contributed by atoms with Crippen molar-refractivity contribution < 1.29 is 4.74 Å². The van der Waals surface area contributed by atoms with Gasteiger partial charge in [-0.05, 0) is 37.1 Å². The van der Waals surface area contributed by atoms with Crippen LogP contribution in [0.15, 0.2) is 64.7 Å². The lowest BCUT2D eigenvalue weighted by Crippen LogP contribution is -2.29. The highest BCUT2D eigenvalue weighted by Crippen LogP contribution is 2.32. The van der Waals surface area contributed by atoms with Crippen molar-refractivity contribution in [1.29, 1.82) is 0 Å². The molecule has 0 aliphatic carbocycles. The molecular weight excluding hydrogens is 272 g/mol. The maximum absolute atomic E-state index is 5.57. The van der Waals surface area contributed by atoms with Gasteiger partial charge in [-0.3, -0.25) is 4.99 Å². The molecule has 120 valence electrons.